The zero-order valence-electron chi connectivity index (χ0n) is 21.4. The van der Waals surface area contributed by atoms with Gasteiger partial charge in [0.1, 0.15) is 12.6 Å². The summed E-state index contributed by atoms with van der Waals surface area (Å²) in [5.41, 5.74) is 0.458. The number of nitriles is 1. The van der Waals surface area contributed by atoms with E-state index in [0.29, 0.717) is 27.7 Å². The average Bonchev–Trinajstić information content (AvgIpc) is 3.22. The Hall–Kier alpha value is -4.37. The SMILES string of the molecule is COC(=O)C1=C(C)N(c2cccc(C(F)(F)F)c2)c2n[nH]c(=O)n2[C@@H]1c1ccc(C#N)cc1C[N+](C)(C)C. The maximum absolute atomic E-state index is 13.5. The summed E-state index contributed by atoms with van der Waals surface area (Å²) in [5, 5.41) is 16.0. The van der Waals surface area contributed by atoms with Crippen molar-refractivity contribution in [2.75, 3.05) is 33.2 Å². The summed E-state index contributed by atoms with van der Waals surface area (Å²) in [6.45, 7) is 2.01. The number of quaternary nitrogens is 1. The number of nitrogens with zero attached hydrogens (tertiary/aromatic N) is 5. The summed E-state index contributed by atoms with van der Waals surface area (Å²) in [4.78, 5) is 27.7. The van der Waals surface area contributed by atoms with E-state index in [2.05, 4.69) is 16.3 Å². The minimum Gasteiger partial charge on any atom is -0.466 e. The van der Waals surface area contributed by atoms with Gasteiger partial charge in [-0.15, -0.1) is 5.10 Å². The number of anilines is 2. The highest BCUT2D eigenvalue weighted by Gasteiger charge is 2.41. The van der Waals surface area contributed by atoms with Crippen molar-refractivity contribution >= 4 is 17.6 Å². The monoisotopic (exact) mass is 527 g/mol. The first-order valence-corrected chi connectivity index (χ1v) is 11.5. The Morgan fingerprint density at radius 1 is 1.21 bits per heavy atom. The Morgan fingerprint density at radius 2 is 1.92 bits per heavy atom. The molecular formula is C26H26F3N6O3+. The molecule has 1 aromatic heterocycles. The maximum Gasteiger partial charge on any atom is 0.416 e. The number of methoxy groups -OCH3 is 1. The number of hydrogen-bond donors (Lipinski definition) is 1. The van der Waals surface area contributed by atoms with Crippen LogP contribution < -0.4 is 10.6 Å². The minimum absolute atomic E-state index is 0.00466. The Kier molecular flexibility index (Phi) is 6.67. The normalized spacial score (nSPS) is 15.8. The third kappa shape index (κ3) is 4.80. The van der Waals surface area contributed by atoms with Crippen molar-refractivity contribution < 1.29 is 27.2 Å². The zero-order chi connectivity index (χ0) is 28.0. The van der Waals surface area contributed by atoms with Crippen molar-refractivity contribution in [1.29, 1.82) is 5.26 Å². The summed E-state index contributed by atoms with van der Waals surface area (Å²) >= 11 is 0. The number of fused-ring (bicyclic) bond motifs is 1. The number of H-pyrrole nitrogens is 1. The second-order valence-electron chi connectivity index (χ2n) is 9.95. The van der Waals surface area contributed by atoms with Gasteiger partial charge in [-0.3, -0.25) is 4.90 Å². The smallest absolute Gasteiger partial charge is 0.416 e. The lowest BCUT2D eigenvalue weighted by Gasteiger charge is -2.36. The number of esters is 1. The standard InChI is InChI=1S/C26H25F3N6O3/c1-15-21(23(36)38-5)22(20-10-9-16(13-30)11-17(20)14-35(2,3)4)34-24(31-32-25(34)37)33(15)19-8-6-7-18(12-19)26(27,28)29/h6-12,22H,14H2,1-5H3/p+1/t22-/m1/s1. The van der Waals surface area contributed by atoms with Gasteiger partial charge in [-0.2, -0.15) is 18.4 Å². The molecule has 0 unspecified atom stereocenters. The van der Waals surface area contributed by atoms with Crippen molar-refractivity contribution in [3.05, 3.63) is 86.5 Å². The molecule has 0 saturated carbocycles. The van der Waals surface area contributed by atoms with E-state index < -0.39 is 29.4 Å². The van der Waals surface area contributed by atoms with Crippen LogP contribution in [0.5, 0.6) is 0 Å². The Labute approximate surface area is 216 Å². The topological polar surface area (TPSA) is 104 Å². The van der Waals surface area contributed by atoms with Crippen LogP contribution in [-0.4, -0.2) is 53.5 Å². The van der Waals surface area contributed by atoms with E-state index >= 15 is 0 Å². The fourth-order valence-electron chi connectivity index (χ4n) is 4.67. The molecule has 9 nitrogen and oxygen atoms in total. The Balaban J connectivity index is 2.04. The number of halogens is 3. The van der Waals surface area contributed by atoms with Gasteiger partial charge >= 0.3 is 17.8 Å². The molecule has 1 N–H and O–H groups in total. The predicted molar refractivity (Wildman–Crippen MR) is 132 cm³/mol. The number of aromatic nitrogens is 3. The summed E-state index contributed by atoms with van der Waals surface area (Å²) in [5.74, 6) is -0.756. The molecule has 0 fully saturated rings. The van der Waals surface area contributed by atoms with Crippen molar-refractivity contribution in [3.8, 4) is 6.07 Å². The lowest BCUT2D eigenvalue weighted by atomic mass is 9.89. The molecule has 3 aromatic rings. The summed E-state index contributed by atoms with van der Waals surface area (Å²) in [6.07, 6.45) is -4.61. The third-order valence-electron chi connectivity index (χ3n) is 6.19. The highest BCUT2D eigenvalue weighted by atomic mass is 19.4. The molecule has 0 saturated heterocycles. The molecular weight excluding hydrogens is 501 g/mol. The van der Waals surface area contributed by atoms with Gasteiger partial charge in [0.25, 0.3) is 0 Å². The third-order valence-corrected chi connectivity index (χ3v) is 6.19. The number of carbonyl (C=O) groups excluding carboxylic acids is 1. The largest absolute Gasteiger partial charge is 0.466 e. The van der Waals surface area contributed by atoms with Gasteiger partial charge in [-0.1, -0.05) is 12.1 Å². The van der Waals surface area contributed by atoms with Gasteiger partial charge in [0.05, 0.1) is 51.0 Å². The highest BCUT2D eigenvalue weighted by molar-refractivity contribution is 5.93. The molecule has 4 rings (SSSR count). The van der Waals surface area contributed by atoms with Crippen LogP contribution in [0.2, 0.25) is 0 Å². The van der Waals surface area contributed by atoms with Gasteiger partial charge in [-0.05, 0) is 42.8 Å². The van der Waals surface area contributed by atoms with Crippen molar-refractivity contribution in [2.45, 2.75) is 25.7 Å². The van der Waals surface area contributed by atoms with E-state index in [9.17, 15) is 28.0 Å². The van der Waals surface area contributed by atoms with Gasteiger partial charge in [0.15, 0.2) is 0 Å². The summed E-state index contributed by atoms with van der Waals surface area (Å²) in [7, 11) is 7.05. The van der Waals surface area contributed by atoms with Gasteiger partial charge < -0.3 is 9.22 Å². The maximum atomic E-state index is 13.5. The second-order valence-corrected chi connectivity index (χ2v) is 9.95. The van der Waals surface area contributed by atoms with E-state index in [1.165, 1.54) is 28.7 Å². The van der Waals surface area contributed by atoms with Crippen LogP contribution in [0.15, 0.2) is 58.5 Å². The summed E-state index contributed by atoms with van der Waals surface area (Å²) in [6, 6.07) is 10.6. The molecule has 2 aromatic carbocycles. The number of nitrogens with one attached hydrogen (secondary N) is 1. The first kappa shape index (κ1) is 26.7. The quantitative estimate of drug-likeness (QED) is 0.399. The fraction of sp³-hybridized carbons (Fsp3) is 0.308. The van der Waals surface area contributed by atoms with E-state index in [-0.39, 0.29) is 22.9 Å². The van der Waals surface area contributed by atoms with E-state index in [0.717, 1.165) is 12.1 Å². The predicted octanol–water partition coefficient (Wildman–Crippen LogP) is 3.86. The first-order valence-electron chi connectivity index (χ1n) is 11.5. The lowest BCUT2D eigenvalue weighted by Crippen LogP contribution is -2.39. The molecule has 1 atom stereocenters. The van der Waals surface area contributed by atoms with Crippen LogP contribution >= 0.6 is 0 Å². The molecule has 12 heteroatoms. The highest BCUT2D eigenvalue weighted by Crippen LogP contribution is 2.43. The molecule has 0 bridgehead atoms. The number of aromatic amines is 1. The number of rotatable bonds is 5. The van der Waals surface area contributed by atoms with Crippen molar-refractivity contribution in [1.82, 2.24) is 14.8 Å². The Morgan fingerprint density at radius 3 is 2.53 bits per heavy atom. The number of allylic oxidation sites excluding steroid dienone is 1. The first-order chi connectivity index (χ1) is 17.8. The van der Waals surface area contributed by atoms with E-state index in [1.54, 1.807) is 25.1 Å². The number of carbonyl (C=O) groups is 1. The molecule has 1 aliphatic rings. The van der Waals surface area contributed by atoms with E-state index in [1.807, 2.05) is 21.1 Å². The molecule has 2 heterocycles. The lowest BCUT2D eigenvalue weighted by molar-refractivity contribution is -0.884. The van der Waals surface area contributed by atoms with E-state index in [4.69, 9.17) is 4.74 Å². The number of hydrogen-bond acceptors (Lipinski definition) is 6. The number of ether oxygens (including phenoxy) is 1. The number of benzene rings is 2. The van der Waals surface area contributed by atoms with Crippen molar-refractivity contribution in [3.63, 3.8) is 0 Å². The molecule has 0 amide bonds. The molecule has 38 heavy (non-hydrogen) atoms. The van der Waals surface area contributed by atoms with Crippen LogP contribution in [0.3, 0.4) is 0 Å². The molecule has 0 radical (unpaired) electrons. The molecule has 1 aliphatic heterocycles. The van der Waals surface area contributed by atoms with Crippen LogP contribution in [0.4, 0.5) is 24.8 Å². The summed E-state index contributed by atoms with van der Waals surface area (Å²) < 4.78 is 47.3. The van der Waals surface area contributed by atoms with Gasteiger partial charge in [0.2, 0.25) is 5.95 Å². The van der Waals surface area contributed by atoms with Gasteiger partial charge in [-0.25, -0.2) is 19.3 Å². The average molecular weight is 528 g/mol. The second kappa shape index (κ2) is 9.50. The van der Waals surface area contributed by atoms with Crippen molar-refractivity contribution in [2.24, 2.45) is 0 Å². The molecule has 0 aliphatic carbocycles. The molecule has 0 spiro atoms. The van der Waals surface area contributed by atoms with Crippen LogP contribution in [0, 0.1) is 11.3 Å². The molecule has 198 valence electrons. The fourth-order valence-corrected chi connectivity index (χ4v) is 4.67. The van der Waals surface area contributed by atoms with Gasteiger partial charge in [0, 0.05) is 16.9 Å². The Bertz CT molecular complexity index is 1540. The number of alkyl halides is 3. The zero-order valence-corrected chi connectivity index (χ0v) is 21.4. The minimum atomic E-state index is -4.61. The van der Waals surface area contributed by atoms with Crippen LogP contribution in [0.1, 0.15) is 35.2 Å². The van der Waals surface area contributed by atoms with Crippen LogP contribution in [-0.2, 0) is 22.3 Å². The van der Waals surface area contributed by atoms with Crippen LogP contribution in [0.25, 0.3) is 0 Å².